The van der Waals surface area contributed by atoms with Crippen molar-refractivity contribution >= 4 is 17.1 Å². The highest BCUT2D eigenvalue weighted by molar-refractivity contribution is 5.80. The van der Waals surface area contributed by atoms with Crippen LogP contribution in [0.3, 0.4) is 0 Å². The molecule has 0 aliphatic carbocycles. The molecule has 0 N–H and O–H groups in total. The van der Waals surface area contributed by atoms with Crippen LogP contribution in [0.5, 0.6) is 0 Å². The van der Waals surface area contributed by atoms with E-state index >= 15 is 0 Å². The minimum absolute atomic E-state index is 0.339. The molecule has 154 valence electrons. The van der Waals surface area contributed by atoms with Gasteiger partial charge in [-0.05, 0) is 29.8 Å². The topological polar surface area (TPSA) is 19.0 Å². The normalized spacial score (nSPS) is 17.9. The molecule has 0 unspecified atom stereocenters. The average Bonchev–Trinajstić information content (AvgIpc) is 2.81. The summed E-state index contributed by atoms with van der Waals surface area (Å²) >= 11 is 0. The zero-order valence-electron chi connectivity index (χ0n) is 18.0. The third kappa shape index (κ3) is 2.75. The summed E-state index contributed by atoms with van der Waals surface area (Å²) in [6, 6.07) is 26.8. The van der Waals surface area contributed by atoms with E-state index in [-0.39, 0.29) is 5.54 Å². The summed E-state index contributed by atoms with van der Waals surface area (Å²) in [6.45, 7) is 3.33. The summed E-state index contributed by atoms with van der Waals surface area (Å²) in [6.07, 6.45) is 0. The zero-order chi connectivity index (χ0) is 20.7. The summed E-state index contributed by atoms with van der Waals surface area (Å²) in [4.78, 5) is 7.10. The van der Waals surface area contributed by atoms with Gasteiger partial charge in [-0.2, -0.15) is 0 Å². The van der Waals surface area contributed by atoms with Crippen LogP contribution in [0.15, 0.2) is 72.8 Å². The van der Waals surface area contributed by atoms with Crippen molar-refractivity contribution in [2.24, 2.45) is 0 Å². The number of fused-ring (bicyclic) bond motifs is 2. The van der Waals surface area contributed by atoms with E-state index in [0.29, 0.717) is 0 Å². The molecule has 4 nitrogen and oxygen atoms in total. The Morgan fingerprint density at radius 1 is 0.767 bits per heavy atom. The minimum atomic E-state index is -0.339. The first-order chi connectivity index (χ1) is 14.6. The van der Waals surface area contributed by atoms with E-state index in [2.05, 4.69) is 109 Å². The standard InChI is InChI=1S/C26H29N3O/c1-27(2)21-14-12-20(13-15-21)26(29-16-18-30-19-17-29)22-8-4-6-10-24(22)28(3)25-11-7-5-9-23(25)26/h4-15H,16-19H2,1-3H3. The maximum absolute atomic E-state index is 5.76. The van der Waals surface area contributed by atoms with Crippen molar-refractivity contribution < 1.29 is 4.74 Å². The first-order valence-electron chi connectivity index (χ1n) is 10.7. The first-order valence-corrected chi connectivity index (χ1v) is 10.7. The number of ether oxygens (including phenoxy) is 1. The predicted octanol–water partition coefficient (Wildman–Crippen LogP) is 4.46. The van der Waals surface area contributed by atoms with E-state index < -0.39 is 0 Å². The Bertz CT molecular complexity index is 991. The Balaban J connectivity index is 1.83. The number of nitrogens with zero attached hydrogens (tertiary/aromatic N) is 3. The third-order valence-corrected chi connectivity index (χ3v) is 6.60. The van der Waals surface area contributed by atoms with Crippen molar-refractivity contribution in [2.45, 2.75) is 5.54 Å². The molecule has 0 radical (unpaired) electrons. The van der Waals surface area contributed by atoms with E-state index in [0.717, 1.165) is 26.3 Å². The summed E-state index contributed by atoms with van der Waals surface area (Å²) in [7, 11) is 6.36. The largest absolute Gasteiger partial charge is 0.379 e. The fourth-order valence-corrected chi connectivity index (χ4v) is 5.15. The molecule has 2 aliphatic heterocycles. The van der Waals surface area contributed by atoms with Gasteiger partial charge in [0.1, 0.15) is 5.54 Å². The molecule has 30 heavy (non-hydrogen) atoms. The molecule has 1 saturated heterocycles. The molecule has 0 atom stereocenters. The lowest BCUT2D eigenvalue weighted by Crippen LogP contribution is -2.54. The van der Waals surface area contributed by atoms with Gasteiger partial charge in [-0.1, -0.05) is 48.5 Å². The molecule has 2 aliphatic rings. The van der Waals surface area contributed by atoms with Crippen LogP contribution in [0.4, 0.5) is 17.1 Å². The fourth-order valence-electron chi connectivity index (χ4n) is 5.15. The molecule has 5 rings (SSSR count). The summed E-state index contributed by atoms with van der Waals surface area (Å²) < 4.78 is 5.76. The third-order valence-electron chi connectivity index (χ3n) is 6.60. The van der Waals surface area contributed by atoms with Gasteiger partial charge in [0.25, 0.3) is 0 Å². The van der Waals surface area contributed by atoms with Crippen molar-refractivity contribution in [2.75, 3.05) is 57.2 Å². The number of hydrogen-bond donors (Lipinski definition) is 0. The van der Waals surface area contributed by atoms with Gasteiger partial charge in [0.05, 0.1) is 13.2 Å². The SMILES string of the molecule is CN(C)c1ccc(C2(N3CCOCC3)c3ccccc3N(C)c3ccccc32)cc1. The van der Waals surface area contributed by atoms with E-state index in [1.807, 2.05) is 0 Å². The summed E-state index contributed by atoms with van der Waals surface area (Å²) in [5, 5.41) is 0. The molecule has 0 bridgehead atoms. The van der Waals surface area contributed by atoms with Crippen molar-refractivity contribution in [3.8, 4) is 0 Å². The van der Waals surface area contributed by atoms with Gasteiger partial charge in [-0.25, -0.2) is 0 Å². The average molecular weight is 400 g/mol. The molecule has 4 heteroatoms. The number of hydrogen-bond acceptors (Lipinski definition) is 4. The molecule has 0 spiro atoms. The van der Waals surface area contributed by atoms with Crippen LogP contribution < -0.4 is 9.80 Å². The molecule has 3 aromatic rings. The van der Waals surface area contributed by atoms with Crippen molar-refractivity contribution in [1.82, 2.24) is 4.90 Å². The van der Waals surface area contributed by atoms with Gasteiger partial charge in [0.15, 0.2) is 0 Å². The Morgan fingerprint density at radius 3 is 1.83 bits per heavy atom. The monoisotopic (exact) mass is 399 g/mol. The highest BCUT2D eigenvalue weighted by Crippen LogP contribution is 2.53. The first kappa shape index (κ1) is 19.2. The lowest BCUT2D eigenvalue weighted by atomic mass is 9.71. The van der Waals surface area contributed by atoms with Crippen LogP contribution in [0, 0.1) is 0 Å². The molecular weight excluding hydrogens is 370 g/mol. The van der Waals surface area contributed by atoms with E-state index in [1.165, 1.54) is 33.8 Å². The van der Waals surface area contributed by atoms with Crippen LogP contribution in [-0.2, 0) is 10.3 Å². The van der Waals surface area contributed by atoms with Crippen molar-refractivity contribution in [3.05, 3.63) is 89.5 Å². The highest BCUT2D eigenvalue weighted by atomic mass is 16.5. The van der Waals surface area contributed by atoms with Gasteiger partial charge in [0.2, 0.25) is 0 Å². The minimum Gasteiger partial charge on any atom is -0.379 e. The maximum atomic E-state index is 5.76. The van der Waals surface area contributed by atoms with E-state index in [1.54, 1.807) is 0 Å². The highest BCUT2D eigenvalue weighted by Gasteiger charge is 2.48. The van der Waals surface area contributed by atoms with Crippen molar-refractivity contribution in [1.29, 1.82) is 0 Å². The predicted molar refractivity (Wildman–Crippen MR) is 124 cm³/mol. The number of benzene rings is 3. The Hall–Kier alpha value is -2.82. The van der Waals surface area contributed by atoms with Crippen LogP contribution in [0.2, 0.25) is 0 Å². The number of morpholine rings is 1. The molecule has 1 fully saturated rings. The van der Waals surface area contributed by atoms with Gasteiger partial charge < -0.3 is 14.5 Å². The van der Waals surface area contributed by atoms with Crippen LogP contribution in [0.1, 0.15) is 16.7 Å². The zero-order valence-corrected chi connectivity index (χ0v) is 18.0. The van der Waals surface area contributed by atoms with Gasteiger partial charge in [-0.15, -0.1) is 0 Å². The number of para-hydroxylation sites is 2. The second-order valence-electron chi connectivity index (χ2n) is 8.34. The lowest BCUT2D eigenvalue weighted by Gasteiger charge is -2.52. The Kier molecular flexibility index (Phi) is 4.76. The number of anilines is 3. The van der Waals surface area contributed by atoms with E-state index in [9.17, 15) is 0 Å². The summed E-state index contributed by atoms with van der Waals surface area (Å²) in [5.74, 6) is 0. The maximum Gasteiger partial charge on any atom is 0.101 e. The van der Waals surface area contributed by atoms with Crippen molar-refractivity contribution in [3.63, 3.8) is 0 Å². The second kappa shape index (κ2) is 7.46. The quantitative estimate of drug-likeness (QED) is 0.647. The Morgan fingerprint density at radius 2 is 1.30 bits per heavy atom. The number of rotatable bonds is 3. The van der Waals surface area contributed by atoms with Crippen LogP contribution in [0.25, 0.3) is 0 Å². The Labute approximate surface area is 179 Å². The molecular formula is C26H29N3O. The summed E-state index contributed by atoms with van der Waals surface area (Å²) in [5.41, 5.74) is 7.39. The van der Waals surface area contributed by atoms with Gasteiger partial charge in [-0.3, -0.25) is 4.90 Å². The molecule has 0 aromatic heterocycles. The second-order valence-corrected chi connectivity index (χ2v) is 8.34. The molecule has 0 saturated carbocycles. The molecule has 0 amide bonds. The lowest BCUT2D eigenvalue weighted by molar-refractivity contribution is 0.00215. The smallest absolute Gasteiger partial charge is 0.101 e. The molecule has 3 aromatic carbocycles. The van der Waals surface area contributed by atoms with Gasteiger partial charge in [0, 0.05) is 62.4 Å². The fraction of sp³-hybridized carbons (Fsp3) is 0.308. The molecule has 2 heterocycles. The van der Waals surface area contributed by atoms with E-state index in [4.69, 9.17) is 4.74 Å². The van der Waals surface area contributed by atoms with Gasteiger partial charge >= 0.3 is 0 Å². The van der Waals surface area contributed by atoms with Crippen LogP contribution >= 0.6 is 0 Å². The van der Waals surface area contributed by atoms with Crippen LogP contribution in [-0.4, -0.2) is 52.3 Å².